The van der Waals surface area contributed by atoms with Gasteiger partial charge in [-0.25, -0.2) is 9.13 Å². The maximum atomic E-state index is 13.1. The van der Waals surface area contributed by atoms with E-state index in [4.69, 9.17) is 37.0 Å². The molecule has 99 heavy (non-hydrogen) atoms. The van der Waals surface area contributed by atoms with Gasteiger partial charge in [-0.05, 0) is 37.5 Å². The Morgan fingerprint density at radius 2 is 0.485 bits per heavy atom. The Labute approximate surface area is 607 Å². The second kappa shape index (κ2) is 71.7. The highest BCUT2D eigenvalue weighted by Crippen LogP contribution is 2.45. The molecule has 0 aromatic rings. The number of aliphatic hydroxyl groups excluding tert-OH is 1. The summed E-state index contributed by atoms with van der Waals surface area (Å²) in [4.78, 5) is 73.0. The van der Waals surface area contributed by atoms with E-state index in [1.807, 2.05) is 0 Å². The van der Waals surface area contributed by atoms with Crippen LogP contribution >= 0.6 is 15.6 Å². The molecule has 3 N–H and O–H groups in total. The minimum Gasteiger partial charge on any atom is -0.462 e. The highest BCUT2D eigenvalue weighted by molar-refractivity contribution is 7.47. The van der Waals surface area contributed by atoms with Gasteiger partial charge in [-0.15, -0.1) is 0 Å². The number of esters is 4. The van der Waals surface area contributed by atoms with E-state index in [1.54, 1.807) is 0 Å². The lowest BCUT2D eigenvalue weighted by atomic mass is 9.99. The molecule has 0 spiro atoms. The smallest absolute Gasteiger partial charge is 0.462 e. The first-order chi connectivity index (χ1) is 47.9. The summed E-state index contributed by atoms with van der Waals surface area (Å²) in [6, 6.07) is 0. The van der Waals surface area contributed by atoms with Crippen molar-refractivity contribution >= 4 is 39.5 Å². The number of rotatable bonds is 79. The summed E-state index contributed by atoms with van der Waals surface area (Å²) in [5, 5.41) is 10.6. The predicted octanol–water partition coefficient (Wildman–Crippen LogP) is 23.9. The quantitative estimate of drug-likeness (QED) is 0.0222. The number of carbonyl (C=O) groups is 4. The SMILES string of the molecule is CCCCCCCCCCCCCCCCCCCC(=O)OC[C@H](COP(=O)(O)OC[C@@H](O)COP(=O)(O)OC[C@@H](COC(=O)CCCCCCCCCCCC)OC(=O)CCCCCCCCCCCCC(C)CC)OC(=O)CCCCCCCCCCCCCCCCC(C)CC. The molecule has 0 fully saturated rings. The fourth-order valence-corrected chi connectivity index (χ4v) is 13.9. The molecule has 0 heterocycles. The summed E-state index contributed by atoms with van der Waals surface area (Å²) in [5.74, 6) is -0.460. The van der Waals surface area contributed by atoms with E-state index in [-0.39, 0.29) is 25.7 Å². The van der Waals surface area contributed by atoms with Crippen LogP contribution in [0.5, 0.6) is 0 Å². The zero-order valence-corrected chi connectivity index (χ0v) is 66.6. The van der Waals surface area contributed by atoms with Crippen molar-refractivity contribution in [3.8, 4) is 0 Å². The third-order valence-corrected chi connectivity index (χ3v) is 21.3. The minimum absolute atomic E-state index is 0.107. The average molecular weight is 1450 g/mol. The van der Waals surface area contributed by atoms with Crippen molar-refractivity contribution in [2.24, 2.45) is 11.8 Å². The predicted molar refractivity (Wildman–Crippen MR) is 405 cm³/mol. The van der Waals surface area contributed by atoms with Gasteiger partial charge in [-0.2, -0.15) is 0 Å². The number of unbranched alkanes of at least 4 members (excludes halogenated alkanes) is 47. The van der Waals surface area contributed by atoms with Crippen LogP contribution in [-0.2, 0) is 65.4 Å². The van der Waals surface area contributed by atoms with Crippen LogP contribution in [0.25, 0.3) is 0 Å². The van der Waals surface area contributed by atoms with Crippen molar-refractivity contribution in [3.63, 3.8) is 0 Å². The molecule has 0 aliphatic carbocycles. The monoisotopic (exact) mass is 1450 g/mol. The van der Waals surface area contributed by atoms with Gasteiger partial charge in [0.1, 0.15) is 19.3 Å². The first kappa shape index (κ1) is 97.1. The van der Waals surface area contributed by atoms with Gasteiger partial charge in [0, 0.05) is 25.7 Å². The lowest BCUT2D eigenvalue weighted by Crippen LogP contribution is -2.30. The lowest BCUT2D eigenvalue weighted by Gasteiger charge is -2.21. The number of hydrogen-bond donors (Lipinski definition) is 3. The van der Waals surface area contributed by atoms with Crippen LogP contribution in [0.4, 0.5) is 0 Å². The van der Waals surface area contributed by atoms with E-state index >= 15 is 0 Å². The molecular weight excluding hydrogens is 1290 g/mol. The molecule has 0 aliphatic heterocycles. The van der Waals surface area contributed by atoms with Gasteiger partial charge >= 0.3 is 39.5 Å². The zero-order chi connectivity index (χ0) is 72.8. The van der Waals surface area contributed by atoms with Crippen LogP contribution in [0, 0.1) is 11.8 Å². The fourth-order valence-electron chi connectivity index (χ4n) is 12.3. The molecule has 0 aliphatic rings. The Bertz CT molecular complexity index is 1910. The maximum absolute atomic E-state index is 13.1. The number of ether oxygens (including phenoxy) is 4. The van der Waals surface area contributed by atoms with Crippen molar-refractivity contribution in [1.82, 2.24) is 0 Å². The van der Waals surface area contributed by atoms with E-state index in [9.17, 15) is 43.2 Å². The Hall–Kier alpha value is -1.94. The first-order valence-corrected chi connectivity index (χ1v) is 44.6. The van der Waals surface area contributed by atoms with Gasteiger partial charge in [0.25, 0.3) is 0 Å². The molecule has 0 rings (SSSR count). The largest absolute Gasteiger partial charge is 0.472 e. The zero-order valence-electron chi connectivity index (χ0n) is 64.8. The van der Waals surface area contributed by atoms with E-state index in [2.05, 4.69) is 41.5 Å². The summed E-state index contributed by atoms with van der Waals surface area (Å²) < 4.78 is 68.7. The van der Waals surface area contributed by atoms with Gasteiger partial charge in [0.2, 0.25) is 0 Å². The number of hydrogen-bond acceptors (Lipinski definition) is 15. The Morgan fingerprint density at radius 1 is 0.283 bits per heavy atom. The second-order valence-corrected chi connectivity index (χ2v) is 32.2. The minimum atomic E-state index is -4.96. The molecule has 19 heteroatoms. The highest BCUT2D eigenvalue weighted by atomic mass is 31.2. The molecule has 588 valence electrons. The molecule has 0 amide bonds. The summed E-state index contributed by atoms with van der Waals surface area (Å²) in [6.07, 6.45) is 60.8. The van der Waals surface area contributed by atoms with Crippen LogP contribution in [0.2, 0.25) is 0 Å². The van der Waals surface area contributed by atoms with Crippen molar-refractivity contribution < 1.29 is 80.2 Å². The molecule has 7 atom stereocenters. The van der Waals surface area contributed by atoms with Crippen molar-refractivity contribution in [2.75, 3.05) is 39.6 Å². The Kier molecular flexibility index (Phi) is 70.3. The number of aliphatic hydroxyl groups is 1. The van der Waals surface area contributed by atoms with Crippen molar-refractivity contribution in [3.05, 3.63) is 0 Å². The van der Waals surface area contributed by atoms with E-state index in [0.717, 1.165) is 102 Å². The number of phosphoric acid groups is 2. The summed E-state index contributed by atoms with van der Waals surface area (Å²) in [6.45, 7) is 9.70. The number of carbonyl (C=O) groups excluding carboxylic acids is 4. The third-order valence-electron chi connectivity index (χ3n) is 19.4. The molecule has 4 unspecified atom stereocenters. The molecule has 0 saturated heterocycles. The first-order valence-electron chi connectivity index (χ1n) is 41.6. The van der Waals surface area contributed by atoms with Gasteiger partial charge in [-0.3, -0.25) is 37.3 Å². The van der Waals surface area contributed by atoms with E-state index < -0.39 is 97.5 Å². The summed E-state index contributed by atoms with van der Waals surface area (Å²) in [7, 11) is -9.92. The molecule has 17 nitrogen and oxygen atoms in total. The van der Waals surface area contributed by atoms with Crippen LogP contribution in [0.1, 0.15) is 420 Å². The topological polar surface area (TPSA) is 237 Å². The van der Waals surface area contributed by atoms with E-state index in [0.29, 0.717) is 25.7 Å². The Morgan fingerprint density at radius 3 is 0.717 bits per heavy atom. The molecular formula is C80H156O17P2. The van der Waals surface area contributed by atoms with Gasteiger partial charge in [0.15, 0.2) is 12.2 Å². The van der Waals surface area contributed by atoms with Crippen LogP contribution < -0.4 is 0 Å². The molecule has 0 aromatic carbocycles. The van der Waals surface area contributed by atoms with Gasteiger partial charge < -0.3 is 33.8 Å². The van der Waals surface area contributed by atoms with Crippen molar-refractivity contribution in [2.45, 2.75) is 439 Å². The van der Waals surface area contributed by atoms with Crippen LogP contribution in [-0.4, -0.2) is 96.7 Å². The van der Waals surface area contributed by atoms with Crippen LogP contribution in [0.3, 0.4) is 0 Å². The normalized spacial score (nSPS) is 14.5. The average Bonchev–Trinajstić information content (AvgIpc) is 1.15. The fraction of sp³-hybridized carbons (Fsp3) is 0.950. The van der Waals surface area contributed by atoms with E-state index in [1.165, 1.54) is 238 Å². The molecule has 0 radical (unpaired) electrons. The van der Waals surface area contributed by atoms with Gasteiger partial charge in [-0.1, -0.05) is 369 Å². The second-order valence-electron chi connectivity index (χ2n) is 29.3. The molecule has 0 saturated carbocycles. The summed E-state index contributed by atoms with van der Waals surface area (Å²) in [5.41, 5.74) is 0. The Balaban J connectivity index is 5.25. The summed E-state index contributed by atoms with van der Waals surface area (Å²) >= 11 is 0. The molecule has 0 aromatic heterocycles. The van der Waals surface area contributed by atoms with Crippen LogP contribution in [0.15, 0.2) is 0 Å². The maximum Gasteiger partial charge on any atom is 0.472 e. The number of phosphoric ester groups is 2. The highest BCUT2D eigenvalue weighted by Gasteiger charge is 2.30. The van der Waals surface area contributed by atoms with Crippen molar-refractivity contribution in [1.29, 1.82) is 0 Å². The lowest BCUT2D eigenvalue weighted by molar-refractivity contribution is -0.161. The van der Waals surface area contributed by atoms with Gasteiger partial charge in [0.05, 0.1) is 26.4 Å². The molecule has 0 bridgehead atoms. The third kappa shape index (κ3) is 71.5. The standard InChI is InChI=1S/C80H156O17P2/c1-7-11-13-15-17-19-21-22-23-24-25-29-32-39-45-51-57-63-78(83)91-69-76(96-79(84)64-58-52-46-40-33-30-27-26-28-31-36-42-48-54-60-72(5)9-3)71-95-99(88,89)93-67-74(81)66-92-98(86,87)94-70-75(68-90-77(82)62-56-50-44-38-20-18-16-14-12-8-2)97-80(85)65-59-53-47-41-35-34-37-43-49-55-61-73(6)10-4/h72-76,81H,7-71H2,1-6H3,(H,86,87)(H,88,89)/t72?,73?,74-,75+,76+/m0/s1.